The molecule has 4 rings (SSSR count). The van der Waals surface area contributed by atoms with Crippen LogP contribution < -0.4 is 11.1 Å². The molecular weight excluding hydrogens is 308 g/mol. The van der Waals surface area contributed by atoms with E-state index in [1.54, 1.807) is 0 Å². The predicted molar refractivity (Wildman–Crippen MR) is 101 cm³/mol. The molecular formula is C21H22N4. The van der Waals surface area contributed by atoms with Crippen LogP contribution in [0.2, 0.25) is 0 Å². The van der Waals surface area contributed by atoms with Crippen molar-refractivity contribution in [3.63, 3.8) is 0 Å². The Kier molecular flexibility index (Phi) is 4.20. The number of nitrogens with two attached hydrogens (primary N) is 1. The Morgan fingerprint density at radius 1 is 0.960 bits per heavy atom. The van der Waals surface area contributed by atoms with Crippen LogP contribution >= 0.6 is 0 Å². The van der Waals surface area contributed by atoms with E-state index in [1.807, 2.05) is 31.5 Å². The first kappa shape index (κ1) is 15.8. The first-order chi connectivity index (χ1) is 12.2. The molecule has 1 unspecified atom stereocenters. The lowest BCUT2D eigenvalue weighted by atomic mass is 10.0. The van der Waals surface area contributed by atoms with E-state index in [1.165, 1.54) is 11.1 Å². The maximum absolute atomic E-state index is 5.97. The number of hydrogen-bond acceptors (Lipinski definition) is 4. The van der Waals surface area contributed by atoms with E-state index in [0.717, 1.165) is 29.5 Å². The number of hydrogen-bond donors (Lipinski definition) is 2. The van der Waals surface area contributed by atoms with Crippen LogP contribution in [0.1, 0.15) is 29.7 Å². The molecule has 3 aromatic rings. The molecule has 3 N–H and O–H groups in total. The van der Waals surface area contributed by atoms with Crippen LogP contribution in [0.25, 0.3) is 11.1 Å². The SMILES string of the molecule is CC(N)c1cccc(-c2cnc(NC3Cc4ccccc4C3)nc2)c1. The summed E-state index contributed by atoms with van der Waals surface area (Å²) in [7, 11) is 0. The van der Waals surface area contributed by atoms with Crippen LogP contribution in [0.15, 0.2) is 60.9 Å². The second-order valence-electron chi connectivity index (χ2n) is 6.73. The number of anilines is 1. The summed E-state index contributed by atoms with van der Waals surface area (Å²) >= 11 is 0. The summed E-state index contributed by atoms with van der Waals surface area (Å²) < 4.78 is 0. The zero-order valence-electron chi connectivity index (χ0n) is 14.3. The van der Waals surface area contributed by atoms with Gasteiger partial charge in [-0.25, -0.2) is 9.97 Å². The van der Waals surface area contributed by atoms with Crippen molar-refractivity contribution >= 4 is 5.95 Å². The van der Waals surface area contributed by atoms with E-state index in [0.29, 0.717) is 12.0 Å². The van der Waals surface area contributed by atoms with Crippen LogP contribution in [-0.4, -0.2) is 16.0 Å². The smallest absolute Gasteiger partial charge is 0.222 e. The van der Waals surface area contributed by atoms with E-state index < -0.39 is 0 Å². The van der Waals surface area contributed by atoms with Gasteiger partial charge in [0.05, 0.1) is 0 Å². The number of aromatic nitrogens is 2. The highest BCUT2D eigenvalue weighted by atomic mass is 15.1. The molecule has 4 nitrogen and oxygen atoms in total. The maximum atomic E-state index is 5.97. The Hall–Kier alpha value is -2.72. The van der Waals surface area contributed by atoms with E-state index in [4.69, 9.17) is 5.73 Å². The fourth-order valence-corrected chi connectivity index (χ4v) is 3.40. The highest BCUT2D eigenvalue weighted by molar-refractivity contribution is 5.63. The summed E-state index contributed by atoms with van der Waals surface area (Å²) in [5.74, 6) is 0.685. The molecule has 2 aromatic carbocycles. The lowest BCUT2D eigenvalue weighted by Crippen LogP contribution is -2.20. The fraction of sp³-hybridized carbons (Fsp3) is 0.238. The maximum Gasteiger partial charge on any atom is 0.222 e. The van der Waals surface area contributed by atoms with Gasteiger partial charge in [0.2, 0.25) is 5.95 Å². The van der Waals surface area contributed by atoms with Gasteiger partial charge >= 0.3 is 0 Å². The standard InChI is InChI=1S/C21H22N4/c1-14(22)15-7-4-8-16(9-15)19-12-23-21(24-13-19)25-20-10-17-5-2-3-6-18(17)11-20/h2-9,12-14,20H,10-11,22H2,1H3,(H,23,24,25). The van der Waals surface area contributed by atoms with Crippen molar-refractivity contribution in [1.82, 2.24) is 9.97 Å². The Morgan fingerprint density at radius 2 is 1.64 bits per heavy atom. The summed E-state index contributed by atoms with van der Waals surface area (Å²) in [6, 6.07) is 17.2. The third-order valence-electron chi connectivity index (χ3n) is 4.78. The summed E-state index contributed by atoms with van der Waals surface area (Å²) in [6.45, 7) is 1.99. The molecule has 0 spiro atoms. The van der Waals surface area contributed by atoms with Gasteiger partial charge in [-0.05, 0) is 48.1 Å². The average molecular weight is 330 g/mol. The zero-order valence-corrected chi connectivity index (χ0v) is 14.3. The minimum atomic E-state index is 0.0193. The van der Waals surface area contributed by atoms with Gasteiger partial charge in [-0.2, -0.15) is 0 Å². The van der Waals surface area contributed by atoms with Crippen LogP contribution in [0.3, 0.4) is 0 Å². The first-order valence-corrected chi connectivity index (χ1v) is 8.70. The highest BCUT2D eigenvalue weighted by Crippen LogP contribution is 2.25. The Morgan fingerprint density at radius 3 is 2.28 bits per heavy atom. The number of rotatable bonds is 4. The first-order valence-electron chi connectivity index (χ1n) is 8.70. The quantitative estimate of drug-likeness (QED) is 0.765. The molecule has 0 saturated heterocycles. The van der Waals surface area contributed by atoms with Gasteiger partial charge in [0.1, 0.15) is 0 Å². The summed E-state index contributed by atoms with van der Waals surface area (Å²) in [5.41, 5.74) is 12.0. The number of benzene rings is 2. The van der Waals surface area contributed by atoms with E-state index in [-0.39, 0.29) is 6.04 Å². The van der Waals surface area contributed by atoms with E-state index in [9.17, 15) is 0 Å². The van der Waals surface area contributed by atoms with E-state index >= 15 is 0 Å². The molecule has 0 saturated carbocycles. The number of fused-ring (bicyclic) bond motifs is 1. The van der Waals surface area contributed by atoms with Crippen molar-refractivity contribution in [2.24, 2.45) is 5.73 Å². The van der Waals surface area contributed by atoms with Crippen LogP contribution in [0.5, 0.6) is 0 Å². The van der Waals surface area contributed by atoms with Crippen molar-refractivity contribution in [1.29, 1.82) is 0 Å². The summed E-state index contributed by atoms with van der Waals surface area (Å²) in [5, 5.41) is 3.45. The predicted octanol–water partition coefficient (Wildman–Crippen LogP) is 3.74. The number of nitrogens with zero attached hydrogens (tertiary/aromatic N) is 2. The Labute approximate surface area is 148 Å². The molecule has 25 heavy (non-hydrogen) atoms. The molecule has 1 heterocycles. The molecule has 1 aromatic heterocycles. The second kappa shape index (κ2) is 6.65. The molecule has 0 amide bonds. The van der Waals surface area contributed by atoms with Gasteiger partial charge < -0.3 is 11.1 Å². The van der Waals surface area contributed by atoms with Crippen molar-refractivity contribution in [2.45, 2.75) is 31.8 Å². The van der Waals surface area contributed by atoms with Gasteiger partial charge in [0.25, 0.3) is 0 Å². The molecule has 4 heteroatoms. The molecule has 1 atom stereocenters. The van der Waals surface area contributed by atoms with Crippen molar-refractivity contribution < 1.29 is 0 Å². The molecule has 1 aliphatic carbocycles. The molecule has 0 radical (unpaired) electrons. The van der Waals surface area contributed by atoms with Crippen molar-refractivity contribution in [3.8, 4) is 11.1 Å². The lowest BCUT2D eigenvalue weighted by molar-refractivity contribution is 0.761. The summed E-state index contributed by atoms with van der Waals surface area (Å²) in [6.07, 6.45) is 5.80. The molecule has 0 aliphatic heterocycles. The fourth-order valence-electron chi connectivity index (χ4n) is 3.40. The number of nitrogens with one attached hydrogen (secondary N) is 1. The highest BCUT2D eigenvalue weighted by Gasteiger charge is 2.21. The monoisotopic (exact) mass is 330 g/mol. The zero-order chi connectivity index (χ0) is 17.2. The molecule has 126 valence electrons. The average Bonchev–Trinajstić information content (AvgIpc) is 3.04. The minimum Gasteiger partial charge on any atom is -0.351 e. The van der Waals surface area contributed by atoms with Gasteiger partial charge in [-0.1, -0.05) is 42.5 Å². The van der Waals surface area contributed by atoms with Crippen molar-refractivity contribution in [3.05, 3.63) is 77.6 Å². The minimum absolute atomic E-state index is 0.0193. The topological polar surface area (TPSA) is 63.8 Å². The Balaban J connectivity index is 1.47. The normalized spacial score (nSPS) is 15.0. The van der Waals surface area contributed by atoms with Gasteiger partial charge in [-0.3, -0.25) is 0 Å². The van der Waals surface area contributed by atoms with Crippen LogP contribution in [0.4, 0.5) is 5.95 Å². The van der Waals surface area contributed by atoms with Gasteiger partial charge in [0.15, 0.2) is 0 Å². The van der Waals surface area contributed by atoms with Crippen LogP contribution in [-0.2, 0) is 12.8 Å². The Bertz CT molecular complexity index is 846. The van der Waals surface area contributed by atoms with Crippen LogP contribution in [0, 0.1) is 0 Å². The van der Waals surface area contributed by atoms with Gasteiger partial charge in [-0.15, -0.1) is 0 Å². The second-order valence-corrected chi connectivity index (χ2v) is 6.73. The van der Waals surface area contributed by atoms with Crippen molar-refractivity contribution in [2.75, 3.05) is 5.32 Å². The molecule has 1 aliphatic rings. The van der Waals surface area contributed by atoms with E-state index in [2.05, 4.69) is 51.7 Å². The molecule has 0 fully saturated rings. The van der Waals surface area contributed by atoms with Gasteiger partial charge in [0, 0.05) is 30.0 Å². The third kappa shape index (κ3) is 3.39. The lowest BCUT2D eigenvalue weighted by Gasteiger charge is -2.12. The summed E-state index contributed by atoms with van der Waals surface area (Å²) in [4.78, 5) is 9.00. The third-order valence-corrected chi connectivity index (χ3v) is 4.78. The largest absolute Gasteiger partial charge is 0.351 e. The molecule has 0 bridgehead atoms.